The summed E-state index contributed by atoms with van der Waals surface area (Å²) in [7, 11) is 0. The summed E-state index contributed by atoms with van der Waals surface area (Å²) in [6, 6.07) is 7.96. The smallest absolute Gasteiger partial charge is 0.383 e. The molecule has 192 valence electrons. The number of carbonyl (C=O) groups excluding carboxylic acids is 2. The van der Waals surface area contributed by atoms with Crippen LogP contribution in [0.1, 0.15) is 67.3 Å². The van der Waals surface area contributed by atoms with Crippen molar-refractivity contribution in [3.8, 4) is 11.3 Å². The van der Waals surface area contributed by atoms with Gasteiger partial charge in [-0.3, -0.25) is 9.59 Å². The number of hydrogen-bond donors (Lipinski definition) is 3. The molecule has 1 fully saturated rings. The molecule has 2 aromatic heterocycles. The van der Waals surface area contributed by atoms with Gasteiger partial charge >= 0.3 is 6.18 Å². The van der Waals surface area contributed by atoms with Gasteiger partial charge in [0.1, 0.15) is 22.5 Å². The first-order valence-corrected chi connectivity index (χ1v) is 11.5. The molecule has 1 saturated carbocycles. The van der Waals surface area contributed by atoms with Gasteiger partial charge in [-0.2, -0.15) is 18.3 Å². The van der Waals surface area contributed by atoms with Gasteiger partial charge in [0.15, 0.2) is 11.6 Å². The van der Waals surface area contributed by atoms with E-state index in [0.717, 1.165) is 45.6 Å². The number of alkyl halides is 3. The molecule has 0 unspecified atom stereocenters. The van der Waals surface area contributed by atoms with Crippen molar-refractivity contribution >= 4 is 23.5 Å². The number of hydrogen-bond acceptors (Lipinski definition) is 6. The van der Waals surface area contributed by atoms with Crippen molar-refractivity contribution in [1.29, 1.82) is 0 Å². The van der Waals surface area contributed by atoms with Crippen molar-refractivity contribution in [2.24, 2.45) is 5.73 Å². The Hall–Kier alpha value is -3.83. The Morgan fingerprint density at radius 2 is 1.81 bits per heavy atom. The third kappa shape index (κ3) is 4.79. The quantitative estimate of drug-likeness (QED) is 0.437. The molecule has 1 aliphatic rings. The first kappa shape index (κ1) is 25.3. The lowest BCUT2D eigenvalue weighted by Crippen LogP contribution is -2.35. The van der Waals surface area contributed by atoms with Crippen molar-refractivity contribution in [3.05, 3.63) is 47.2 Å². The van der Waals surface area contributed by atoms with Gasteiger partial charge in [0.25, 0.3) is 5.91 Å². The second-order valence-electron chi connectivity index (χ2n) is 9.48. The van der Waals surface area contributed by atoms with E-state index in [4.69, 9.17) is 16.0 Å². The Morgan fingerprint density at radius 1 is 1.17 bits per heavy atom. The standard InChI is InChI=1S/C24H27F3N6O3/c1-23(2,24(25,26)27)16-12-17(32-36-16)30-18(34)11-13-7-9-14(10-8-13)20-19(22(29)35)21(28)33(31-20)15-5-3-4-6-15/h7-10,12,15H,3-6,11,28H2,1-2H3,(H2,29,35)(H,30,32,34). The van der Waals surface area contributed by atoms with Crippen LogP contribution in [0.2, 0.25) is 0 Å². The summed E-state index contributed by atoms with van der Waals surface area (Å²) in [4.78, 5) is 24.5. The highest BCUT2D eigenvalue weighted by Crippen LogP contribution is 2.41. The van der Waals surface area contributed by atoms with Gasteiger partial charge < -0.3 is 21.3 Å². The van der Waals surface area contributed by atoms with Gasteiger partial charge in [0.05, 0.1) is 12.5 Å². The Balaban J connectivity index is 1.47. The zero-order valence-corrected chi connectivity index (χ0v) is 19.9. The van der Waals surface area contributed by atoms with Crippen molar-refractivity contribution in [3.63, 3.8) is 0 Å². The summed E-state index contributed by atoms with van der Waals surface area (Å²) in [5, 5.41) is 10.6. The van der Waals surface area contributed by atoms with Gasteiger partial charge in [0, 0.05) is 11.6 Å². The maximum absolute atomic E-state index is 13.2. The van der Waals surface area contributed by atoms with Crippen molar-refractivity contribution in [2.45, 2.75) is 63.6 Å². The van der Waals surface area contributed by atoms with Crippen LogP contribution < -0.4 is 16.8 Å². The Kier molecular flexibility index (Phi) is 6.54. The SMILES string of the molecule is CC(C)(c1cc(NC(=O)Cc2ccc(-c3nn(C4CCCC4)c(N)c3C(N)=O)cc2)no1)C(F)(F)F. The number of benzene rings is 1. The maximum Gasteiger partial charge on any atom is 0.401 e. The number of nitrogens with one attached hydrogen (secondary N) is 1. The van der Waals surface area contributed by atoms with Crippen LogP contribution in [0.5, 0.6) is 0 Å². The zero-order chi connectivity index (χ0) is 26.3. The number of carbonyl (C=O) groups is 2. The largest absolute Gasteiger partial charge is 0.401 e. The van der Waals surface area contributed by atoms with Crippen molar-refractivity contribution < 1.29 is 27.3 Å². The summed E-state index contributed by atoms with van der Waals surface area (Å²) < 4.78 is 46.1. The summed E-state index contributed by atoms with van der Waals surface area (Å²) in [6.45, 7) is 1.93. The Bertz CT molecular complexity index is 1270. The molecule has 4 rings (SSSR count). The molecule has 0 spiro atoms. The molecule has 0 saturated heterocycles. The van der Waals surface area contributed by atoms with E-state index in [0.29, 0.717) is 16.8 Å². The predicted octanol–water partition coefficient (Wildman–Crippen LogP) is 4.36. The third-order valence-electron chi connectivity index (χ3n) is 6.56. The van der Waals surface area contributed by atoms with Crippen molar-refractivity contribution in [1.82, 2.24) is 14.9 Å². The van der Waals surface area contributed by atoms with Crippen LogP contribution in [0.15, 0.2) is 34.9 Å². The zero-order valence-electron chi connectivity index (χ0n) is 19.9. The van der Waals surface area contributed by atoms with Crippen LogP contribution in [-0.4, -0.2) is 32.9 Å². The number of halogens is 3. The molecule has 12 heteroatoms. The number of aromatic nitrogens is 3. The Labute approximate surface area is 205 Å². The van der Waals surface area contributed by atoms with E-state index in [2.05, 4.69) is 15.6 Å². The second kappa shape index (κ2) is 9.32. The van der Waals surface area contributed by atoms with Gasteiger partial charge in [-0.05, 0) is 32.3 Å². The number of amides is 2. The van der Waals surface area contributed by atoms with E-state index in [1.165, 1.54) is 0 Å². The minimum atomic E-state index is -4.54. The van der Waals surface area contributed by atoms with E-state index < -0.39 is 29.2 Å². The molecule has 5 N–H and O–H groups in total. The topological polar surface area (TPSA) is 142 Å². The molecule has 0 aliphatic heterocycles. The third-order valence-corrected chi connectivity index (χ3v) is 6.56. The number of nitrogens with zero attached hydrogens (tertiary/aromatic N) is 3. The highest BCUT2D eigenvalue weighted by atomic mass is 19.4. The molecular weight excluding hydrogens is 477 g/mol. The fraction of sp³-hybridized carbons (Fsp3) is 0.417. The lowest BCUT2D eigenvalue weighted by atomic mass is 9.89. The first-order chi connectivity index (χ1) is 16.9. The van der Waals surface area contributed by atoms with Gasteiger partial charge in [-0.15, -0.1) is 0 Å². The number of rotatable bonds is 7. The van der Waals surface area contributed by atoms with Crippen LogP contribution in [0.25, 0.3) is 11.3 Å². The van der Waals surface area contributed by atoms with Gasteiger partial charge in [-0.25, -0.2) is 4.68 Å². The number of primary amides is 1. The van der Waals surface area contributed by atoms with Crippen molar-refractivity contribution in [2.75, 3.05) is 11.1 Å². The average molecular weight is 505 g/mol. The van der Waals surface area contributed by atoms with Crippen LogP contribution in [0, 0.1) is 0 Å². The molecule has 0 atom stereocenters. The highest BCUT2D eigenvalue weighted by Gasteiger charge is 2.51. The molecule has 2 amide bonds. The first-order valence-electron chi connectivity index (χ1n) is 11.5. The lowest BCUT2D eigenvalue weighted by molar-refractivity contribution is -0.185. The number of anilines is 2. The van der Waals surface area contributed by atoms with Crippen LogP contribution in [0.4, 0.5) is 24.8 Å². The molecule has 1 aromatic carbocycles. The fourth-order valence-electron chi connectivity index (χ4n) is 4.24. The van der Waals surface area contributed by atoms with E-state index in [9.17, 15) is 22.8 Å². The number of nitrogen functional groups attached to an aromatic ring is 1. The predicted molar refractivity (Wildman–Crippen MR) is 126 cm³/mol. The van der Waals surface area contributed by atoms with Crippen LogP contribution in [0.3, 0.4) is 0 Å². The average Bonchev–Trinajstić information content (AvgIpc) is 3.53. The summed E-state index contributed by atoms with van der Waals surface area (Å²) in [5.41, 5.74) is 11.3. The summed E-state index contributed by atoms with van der Waals surface area (Å²) in [6.07, 6.45) is -0.611. The van der Waals surface area contributed by atoms with Crippen LogP contribution >= 0.6 is 0 Å². The lowest BCUT2D eigenvalue weighted by Gasteiger charge is -2.24. The van der Waals surface area contributed by atoms with E-state index >= 15 is 0 Å². The molecule has 36 heavy (non-hydrogen) atoms. The summed E-state index contributed by atoms with van der Waals surface area (Å²) >= 11 is 0. The number of nitrogens with two attached hydrogens (primary N) is 2. The van der Waals surface area contributed by atoms with Gasteiger partial charge in [0.2, 0.25) is 5.91 Å². The second-order valence-corrected chi connectivity index (χ2v) is 9.48. The fourth-order valence-corrected chi connectivity index (χ4v) is 4.24. The van der Waals surface area contributed by atoms with E-state index in [-0.39, 0.29) is 29.7 Å². The summed E-state index contributed by atoms with van der Waals surface area (Å²) in [5.74, 6) is -1.43. The minimum Gasteiger partial charge on any atom is -0.383 e. The highest BCUT2D eigenvalue weighted by molar-refractivity contribution is 6.03. The van der Waals surface area contributed by atoms with Gasteiger partial charge in [-0.1, -0.05) is 42.3 Å². The molecule has 0 bridgehead atoms. The molecule has 3 aromatic rings. The van der Waals surface area contributed by atoms with E-state index in [1.54, 1.807) is 28.9 Å². The molecule has 2 heterocycles. The maximum atomic E-state index is 13.2. The molecule has 9 nitrogen and oxygen atoms in total. The van der Waals surface area contributed by atoms with E-state index in [1.807, 2.05) is 0 Å². The normalized spacial score (nSPS) is 14.8. The molecule has 0 radical (unpaired) electrons. The minimum absolute atomic E-state index is 0.0630. The monoisotopic (exact) mass is 504 g/mol. The molecule has 1 aliphatic carbocycles. The Morgan fingerprint density at radius 3 is 2.39 bits per heavy atom. The van der Waals surface area contributed by atoms with Crippen LogP contribution in [-0.2, 0) is 16.6 Å². The molecular formula is C24H27F3N6O3.